The number of thiophene rings is 1. The summed E-state index contributed by atoms with van der Waals surface area (Å²) in [7, 11) is 1.43. The number of hydrogen-bond acceptors (Lipinski definition) is 4. The summed E-state index contributed by atoms with van der Waals surface area (Å²) in [5.41, 5.74) is 1.44. The molecule has 3 nitrogen and oxygen atoms in total. The number of esters is 1. The van der Waals surface area contributed by atoms with Crippen molar-refractivity contribution in [2.75, 3.05) is 13.7 Å². The van der Waals surface area contributed by atoms with Crippen LogP contribution in [0.2, 0.25) is 0 Å². The zero-order valence-electron chi connectivity index (χ0n) is 9.79. The Morgan fingerprint density at radius 2 is 2.53 bits per heavy atom. The molecule has 94 valence electrons. The summed E-state index contributed by atoms with van der Waals surface area (Å²) < 4.78 is 5.99. The summed E-state index contributed by atoms with van der Waals surface area (Å²) >= 11 is 4.27. The topological polar surface area (TPSA) is 38.3 Å². The lowest BCUT2D eigenvalue weighted by molar-refractivity contribution is -0.140. The number of halogens is 1. The molecule has 1 aromatic heterocycles. The Hall–Kier alpha value is -0.140. The van der Waals surface area contributed by atoms with Crippen molar-refractivity contribution < 1.29 is 9.53 Å². The van der Waals surface area contributed by atoms with Crippen molar-refractivity contribution in [1.29, 1.82) is 0 Å². The van der Waals surface area contributed by atoms with Gasteiger partial charge in [-0.05, 0) is 53.5 Å². The molecule has 17 heavy (non-hydrogen) atoms. The number of fused-ring (bicyclic) bond motifs is 1. The molecule has 0 bridgehead atoms. The number of carbonyl (C=O) groups excluding carboxylic acids is 1. The van der Waals surface area contributed by atoms with Crippen LogP contribution < -0.4 is 5.32 Å². The molecule has 1 aliphatic carbocycles. The number of rotatable bonds is 4. The van der Waals surface area contributed by atoms with Crippen LogP contribution in [0.5, 0.6) is 0 Å². The van der Waals surface area contributed by atoms with Crippen molar-refractivity contribution >= 4 is 39.9 Å². The van der Waals surface area contributed by atoms with Crippen molar-refractivity contribution in [2.45, 2.75) is 31.7 Å². The van der Waals surface area contributed by atoms with Crippen LogP contribution in [-0.2, 0) is 16.0 Å². The first-order valence-electron chi connectivity index (χ1n) is 5.79. The van der Waals surface area contributed by atoms with E-state index < -0.39 is 0 Å². The van der Waals surface area contributed by atoms with Crippen molar-refractivity contribution in [2.24, 2.45) is 0 Å². The number of hydrogen-bond donors (Lipinski definition) is 1. The Morgan fingerprint density at radius 3 is 3.29 bits per heavy atom. The fourth-order valence-electron chi connectivity index (χ4n) is 2.18. The third-order valence-electron chi connectivity index (χ3n) is 3.03. The van der Waals surface area contributed by atoms with Gasteiger partial charge in [-0.2, -0.15) is 0 Å². The Morgan fingerprint density at radius 1 is 1.71 bits per heavy atom. The van der Waals surface area contributed by atoms with Gasteiger partial charge in [-0.15, -0.1) is 11.3 Å². The number of methoxy groups -OCH3 is 1. The number of ether oxygens (including phenoxy) is 1. The molecule has 1 aliphatic rings. The molecule has 0 aromatic carbocycles. The first-order valence-corrected chi connectivity index (χ1v) is 7.68. The summed E-state index contributed by atoms with van der Waals surface area (Å²) in [6.45, 7) is 0.698. The van der Waals surface area contributed by atoms with E-state index in [4.69, 9.17) is 0 Å². The van der Waals surface area contributed by atoms with Gasteiger partial charge in [0.05, 0.1) is 16.4 Å². The first kappa shape index (κ1) is 13.3. The molecule has 0 fully saturated rings. The van der Waals surface area contributed by atoms with E-state index in [0.29, 0.717) is 19.0 Å². The minimum Gasteiger partial charge on any atom is -0.469 e. The molecular formula is C12H16INO2S. The molecule has 0 amide bonds. The van der Waals surface area contributed by atoms with Crippen LogP contribution >= 0.6 is 33.9 Å². The van der Waals surface area contributed by atoms with Gasteiger partial charge in [0.15, 0.2) is 0 Å². The normalized spacial score (nSPS) is 18.8. The Bertz CT molecular complexity index is 405. The smallest absolute Gasteiger partial charge is 0.306 e. The molecule has 5 heteroatoms. The molecular weight excluding hydrogens is 349 g/mol. The van der Waals surface area contributed by atoms with E-state index in [9.17, 15) is 4.79 Å². The highest BCUT2D eigenvalue weighted by molar-refractivity contribution is 14.1. The quantitative estimate of drug-likeness (QED) is 0.659. The van der Waals surface area contributed by atoms with Crippen molar-refractivity contribution in [3.05, 3.63) is 19.4 Å². The highest BCUT2D eigenvalue weighted by Gasteiger charge is 2.22. The maximum Gasteiger partial charge on any atom is 0.306 e. The predicted molar refractivity (Wildman–Crippen MR) is 77.4 cm³/mol. The minimum absolute atomic E-state index is 0.145. The van der Waals surface area contributed by atoms with Crippen LogP contribution in [0.4, 0.5) is 0 Å². The standard InChI is InChI=1S/C12H16INO2S/c1-16-12(15)5-6-14-9-3-2-4-10-8(9)7-11(13)17-10/h7,9,14H,2-6H2,1H3. The Labute approximate surface area is 119 Å². The van der Waals surface area contributed by atoms with Crippen LogP contribution in [0.15, 0.2) is 6.07 Å². The fraction of sp³-hybridized carbons (Fsp3) is 0.583. The third kappa shape index (κ3) is 3.42. The lowest BCUT2D eigenvalue weighted by atomic mass is 9.94. The van der Waals surface area contributed by atoms with E-state index in [1.165, 1.54) is 39.7 Å². The van der Waals surface area contributed by atoms with Crippen LogP contribution in [0.3, 0.4) is 0 Å². The van der Waals surface area contributed by atoms with Gasteiger partial charge < -0.3 is 10.1 Å². The summed E-state index contributed by atoms with van der Waals surface area (Å²) in [5.74, 6) is -0.145. The van der Waals surface area contributed by atoms with Crippen molar-refractivity contribution in [3.8, 4) is 0 Å². The molecule has 1 N–H and O–H groups in total. The molecule has 0 spiro atoms. The van der Waals surface area contributed by atoms with E-state index >= 15 is 0 Å². The van der Waals surface area contributed by atoms with Crippen LogP contribution in [-0.4, -0.2) is 19.6 Å². The lowest BCUT2D eigenvalue weighted by Crippen LogP contribution is -2.26. The molecule has 0 saturated carbocycles. The Balaban J connectivity index is 1.92. The van der Waals surface area contributed by atoms with E-state index in [1.54, 1.807) is 0 Å². The lowest BCUT2D eigenvalue weighted by Gasteiger charge is -2.23. The molecule has 0 aliphatic heterocycles. The van der Waals surface area contributed by atoms with Gasteiger partial charge in [-0.3, -0.25) is 4.79 Å². The summed E-state index contributed by atoms with van der Waals surface area (Å²) in [5, 5.41) is 3.46. The number of nitrogens with one attached hydrogen (secondary N) is 1. The van der Waals surface area contributed by atoms with E-state index in [0.717, 1.165) is 0 Å². The van der Waals surface area contributed by atoms with Crippen LogP contribution in [0, 0.1) is 2.88 Å². The second-order valence-electron chi connectivity index (χ2n) is 4.15. The largest absolute Gasteiger partial charge is 0.469 e. The van der Waals surface area contributed by atoms with Crippen molar-refractivity contribution in [3.63, 3.8) is 0 Å². The average molecular weight is 365 g/mol. The highest BCUT2D eigenvalue weighted by Crippen LogP contribution is 2.36. The van der Waals surface area contributed by atoms with Gasteiger partial charge in [0, 0.05) is 17.5 Å². The molecule has 0 radical (unpaired) electrons. The molecule has 2 rings (SSSR count). The Kier molecular flexibility index (Phi) is 4.81. The monoisotopic (exact) mass is 365 g/mol. The first-order chi connectivity index (χ1) is 8.20. The zero-order chi connectivity index (χ0) is 12.3. The summed E-state index contributed by atoms with van der Waals surface area (Å²) in [4.78, 5) is 12.6. The zero-order valence-corrected chi connectivity index (χ0v) is 12.8. The predicted octanol–water partition coefficient (Wildman–Crippen LogP) is 2.88. The second kappa shape index (κ2) is 6.15. The van der Waals surface area contributed by atoms with Gasteiger partial charge in [0.25, 0.3) is 0 Å². The van der Waals surface area contributed by atoms with Gasteiger partial charge in [-0.1, -0.05) is 0 Å². The van der Waals surface area contributed by atoms with Crippen molar-refractivity contribution in [1.82, 2.24) is 5.32 Å². The van der Waals surface area contributed by atoms with E-state index in [1.807, 2.05) is 11.3 Å². The molecule has 1 atom stereocenters. The highest BCUT2D eigenvalue weighted by atomic mass is 127. The van der Waals surface area contributed by atoms with Gasteiger partial charge in [-0.25, -0.2) is 0 Å². The minimum atomic E-state index is -0.145. The average Bonchev–Trinajstić information content (AvgIpc) is 2.70. The molecule has 1 heterocycles. The third-order valence-corrected chi connectivity index (χ3v) is 5.00. The SMILES string of the molecule is COC(=O)CCNC1CCCc2sc(I)cc21. The summed E-state index contributed by atoms with van der Waals surface area (Å²) in [6.07, 6.45) is 4.06. The van der Waals surface area contributed by atoms with E-state index in [-0.39, 0.29) is 5.97 Å². The van der Waals surface area contributed by atoms with Gasteiger partial charge in [0.1, 0.15) is 0 Å². The molecule has 1 unspecified atom stereocenters. The van der Waals surface area contributed by atoms with Gasteiger partial charge in [0.2, 0.25) is 0 Å². The maximum atomic E-state index is 11.0. The van der Waals surface area contributed by atoms with E-state index in [2.05, 4.69) is 38.7 Å². The fourth-order valence-corrected chi connectivity index (χ4v) is 4.30. The number of carbonyl (C=O) groups is 1. The molecule has 0 saturated heterocycles. The van der Waals surface area contributed by atoms with Gasteiger partial charge >= 0.3 is 5.97 Å². The van der Waals surface area contributed by atoms with Crippen LogP contribution in [0.1, 0.15) is 35.7 Å². The number of aryl methyl sites for hydroxylation is 1. The second-order valence-corrected chi connectivity index (χ2v) is 7.19. The maximum absolute atomic E-state index is 11.0. The molecule has 1 aromatic rings. The van der Waals surface area contributed by atoms with Crippen LogP contribution in [0.25, 0.3) is 0 Å². The summed E-state index contributed by atoms with van der Waals surface area (Å²) in [6, 6.07) is 2.69.